The topological polar surface area (TPSA) is 9.23 Å². The van der Waals surface area contributed by atoms with Gasteiger partial charge in [0.1, 0.15) is 5.75 Å². The van der Waals surface area contributed by atoms with E-state index in [0.29, 0.717) is 16.1 Å². The quantitative estimate of drug-likeness (QED) is 0.704. The van der Waals surface area contributed by atoms with E-state index in [-0.39, 0.29) is 5.75 Å². The molecule has 0 N–H and O–H groups in total. The van der Waals surface area contributed by atoms with Gasteiger partial charge in [-0.1, -0.05) is 36.9 Å². The van der Waals surface area contributed by atoms with E-state index in [4.69, 9.17) is 16.3 Å². The van der Waals surface area contributed by atoms with Crippen molar-refractivity contribution in [3.63, 3.8) is 0 Å². The second-order valence-electron chi connectivity index (χ2n) is 4.05. The molecule has 100 valence electrons. The fraction of sp³-hybridized carbons (Fsp3) is 0.143. The van der Waals surface area contributed by atoms with E-state index in [2.05, 4.69) is 13.2 Å². The highest BCUT2D eigenvalue weighted by Crippen LogP contribution is 2.44. The SMILES string of the molecule is C=Cc1cc(Cl)cc2c1OC(C=C)(C(F)(F)F)C=C2. The summed E-state index contributed by atoms with van der Waals surface area (Å²) in [5, 5.41) is 0.403. The average Bonchev–Trinajstić information content (AvgIpc) is 2.35. The molecule has 0 amide bonds. The number of rotatable bonds is 2. The van der Waals surface area contributed by atoms with Gasteiger partial charge in [0.2, 0.25) is 5.60 Å². The smallest absolute Gasteiger partial charge is 0.435 e. The van der Waals surface area contributed by atoms with Crippen molar-refractivity contribution in [1.29, 1.82) is 0 Å². The number of halogens is 4. The first-order valence-electron chi connectivity index (χ1n) is 5.37. The summed E-state index contributed by atoms with van der Waals surface area (Å²) in [6, 6.07) is 3.03. The van der Waals surface area contributed by atoms with Gasteiger partial charge in [0, 0.05) is 16.1 Å². The molecule has 0 spiro atoms. The lowest BCUT2D eigenvalue weighted by molar-refractivity contribution is -0.211. The van der Waals surface area contributed by atoms with Crippen LogP contribution in [0.1, 0.15) is 11.1 Å². The van der Waals surface area contributed by atoms with Crippen molar-refractivity contribution in [2.75, 3.05) is 0 Å². The summed E-state index contributed by atoms with van der Waals surface area (Å²) in [7, 11) is 0. The number of hydrogen-bond acceptors (Lipinski definition) is 1. The summed E-state index contributed by atoms with van der Waals surface area (Å²) >= 11 is 5.88. The molecule has 0 bridgehead atoms. The maximum absolute atomic E-state index is 13.1. The highest BCUT2D eigenvalue weighted by Gasteiger charge is 2.55. The molecule has 1 nitrogen and oxygen atoms in total. The van der Waals surface area contributed by atoms with Crippen LogP contribution in [0.4, 0.5) is 13.2 Å². The molecule has 1 aromatic rings. The second kappa shape index (κ2) is 4.46. The zero-order valence-electron chi connectivity index (χ0n) is 9.80. The first-order chi connectivity index (χ1) is 8.83. The summed E-state index contributed by atoms with van der Waals surface area (Å²) in [5.41, 5.74) is -1.64. The molecule has 0 saturated carbocycles. The Bertz CT molecular complexity index is 575. The van der Waals surface area contributed by atoms with Crippen molar-refractivity contribution < 1.29 is 17.9 Å². The summed E-state index contributed by atoms with van der Waals surface area (Å²) < 4.78 is 44.5. The Morgan fingerprint density at radius 3 is 2.47 bits per heavy atom. The molecular weight excluding hydrogens is 277 g/mol. The zero-order chi connectivity index (χ0) is 14.3. The minimum Gasteiger partial charge on any atom is -0.468 e. The minimum absolute atomic E-state index is 0.0964. The van der Waals surface area contributed by atoms with Gasteiger partial charge in [-0.2, -0.15) is 13.2 Å². The number of fused-ring (bicyclic) bond motifs is 1. The third-order valence-corrected chi connectivity index (χ3v) is 3.08. The van der Waals surface area contributed by atoms with E-state index in [9.17, 15) is 13.2 Å². The van der Waals surface area contributed by atoms with Crippen LogP contribution >= 0.6 is 11.6 Å². The Hall–Kier alpha value is -1.68. The Labute approximate surface area is 113 Å². The Morgan fingerprint density at radius 1 is 1.26 bits per heavy atom. The van der Waals surface area contributed by atoms with Gasteiger partial charge in [-0.05, 0) is 24.3 Å². The first kappa shape index (κ1) is 13.7. The predicted octanol–water partition coefficient (Wildman–Crippen LogP) is 4.88. The number of benzene rings is 1. The third kappa shape index (κ3) is 2.16. The van der Waals surface area contributed by atoms with Crippen LogP contribution in [-0.2, 0) is 0 Å². The largest absolute Gasteiger partial charge is 0.468 e. The molecule has 1 atom stereocenters. The van der Waals surface area contributed by atoms with Crippen molar-refractivity contribution in [2.24, 2.45) is 0 Å². The van der Waals surface area contributed by atoms with E-state index in [0.717, 1.165) is 12.2 Å². The van der Waals surface area contributed by atoms with Crippen LogP contribution in [0.15, 0.2) is 37.4 Å². The van der Waals surface area contributed by atoms with Gasteiger partial charge in [-0.3, -0.25) is 0 Å². The maximum atomic E-state index is 13.1. The molecule has 1 heterocycles. The highest BCUT2D eigenvalue weighted by atomic mass is 35.5. The summed E-state index contributed by atoms with van der Waals surface area (Å²) in [5.74, 6) is 0.0964. The van der Waals surface area contributed by atoms with Crippen molar-refractivity contribution in [3.8, 4) is 5.75 Å². The van der Waals surface area contributed by atoms with Gasteiger partial charge in [0.25, 0.3) is 0 Å². The number of ether oxygens (including phenoxy) is 1. The average molecular weight is 287 g/mol. The molecule has 1 unspecified atom stereocenters. The number of hydrogen-bond donors (Lipinski definition) is 0. The van der Waals surface area contributed by atoms with E-state index in [1.807, 2.05) is 0 Å². The highest BCUT2D eigenvalue weighted by molar-refractivity contribution is 6.31. The van der Waals surface area contributed by atoms with Crippen LogP contribution in [0, 0.1) is 0 Å². The van der Waals surface area contributed by atoms with Gasteiger partial charge in [0.05, 0.1) is 0 Å². The molecule has 19 heavy (non-hydrogen) atoms. The van der Waals surface area contributed by atoms with Crippen LogP contribution in [0.3, 0.4) is 0 Å². The van der Waals surface area contributed by atoms with Gasteiger partial charge >= 0.3 is 6.18 Å². The maximum Gasteiger partial charge on any atom is 0.435 e. The Balaban J connectivity index is 2.62. The van der Waals surface area contributed by atoms with Crippen molar-refractivity contribution >= 4 is 23.8 Å². The lowest BCUT2D eigenvalue weighted by Gasteiger charge is -2.34. The van der Waals surface area contributed by atoms with Crippen molar-refractivity contribution in [1.82, 2.24) is 0 Å². The summed E-state index contributed by atoms with van der Waals surface area (Å²) in [6.45, 7) is 6.77. The molecular formula is C14H10ClF3O. The van der Waals surface area contributed by atoms with Crippen molar-refractivity contribution in [2.45, 2.75) is 11.8 Å². The lowest BCUT2D eigenvalue weighted by atomic mass is 9.96. The normalized spacial score (nSPS) is 21.5. The molecule has 0 aliphatic carbocycles. The van der Waals surface area contributed by atoms with Crippen LogP contribution in [-0.4, -0.2) is 11.8 Å². The van der Waals surface area contributed by atoms with E-state index >= 15 is 0 Å². The molecule has 1 aromatic carbocycles. The molecule has 0 saturated heterocycles. The first-order valence-corrected chi connectivity index (χ1v) is 5.75. The fourth-order valence-corrected chi connectivity index (χ4v) is 2.06. The molecule has 0 radical (unpaired) electrons. The standard InChI is InChI=1S/C14H10ClF3O/c1-3-9-7-11(15)8-10-5-6-13(4-2,14(16,17)18)19-12(9)10/h3-8H,1-2H2. The van der Waals surface area contributed by atoms with Gasteiger partial charge in [0.15, 0.2) is 0 Å². The van der Waals surface area contributed by atoms with E-state index in [1.165, 1.54) is 24.3 Å². The molecule has 1 aliphatic heterocycles. The van der Waals surface area contributed by atoms with E-state index < -0.39 is 11.8 Å². The van der Waals surface area contributed by atoms with Crippen LogP contribution in [0.2, 0.25) is 5.02 Å². The van der Waals surface area contributed by atoms with Crippen molar-refractivity contribution in [3.05, 3.63) is 53.6 Å². The molecule has 1 aliphatic rings. The predicted molar refractivity (Wildman–Crippen MR) is 70.2 cm³/mol. The zero-order valence-corrected chi connectivity index (χ0v) is 10.6. The fourth-order valence-electron chi connectivity index (χ4n) is 1.82. The number of alkyl halides is 3. The second-order valence-corrected chi connectivity index (χ2v) is 4.48. The summed E-state index contributed by atoms with van der Waals surface area (Å²) in [6.07, 6.45) is -0.221. The molecule has 0 aromatic heterocycles. The molecule has 2 rings (SSSR count). The minimum atomic E-state index is -4.60. The van der Waals surface area contributed by atoms with Crippen LogP contribution in [0.25, 0.3) is 12.2 Å². The van der Waals surface area contributed by atoms with E-state index in [1.54, 1.807) is 0 Å². The van der Waals surface area contributed by atoms with Gasteiger partial charge in [-0.25, -0.2) is 0 Å². The monoisotopic (exact) mass is 286 g/mol. The molecule has 0 fully saturated rings. The summed E-state index contributed by atoms with van der Waals surface area (Å²) in [4.78, 5) is 0. The lowest BCUT2D eigenvalue weighted by Crippen LogP contribution is -2.48. The van der Waals surface area contributed by atoms with Gasteiger partial charge < -0.3 is 4.74 Å². The Morgan fingerprint density at radius 2 is 1.95 bits per heavy atom. The van der Waals surface area contributed by atoms with Crippen LogP contribution in [0.5, 0.6) is 5.75 Å². The molecule has 5 heteroatoms. The third-order valence-electron chi connectivity index (χ3n) is 2.86. The van der Waals surface area contributed by atoms with Crippen LogP contribution < -0.4 is 4.74 Å². The van der Waals surface area contributed by atoms with Gasteiger partial charge in [-0.15, -0.1) is 0 Å². The Kier molecular flexibility index (Phi) is 3.22.